The van der Waals surface area contributed by atoms with E-state index in [1.165, 1.54) is 18.4 Å². The van der Waals surface area contributed by atoms with Gasteiger partial charge in [0, 0.05) is 19.6 Å². The number of H-pyrrole nitrogens is 1. The number of aromatic nitrogens is 3. The monoisotopic (exact) mass is 290 g/mol. The number of aromatic amines is 1. The molecule has 1 aromatic carbocycles. The number of nitrogens with zero attached hydrogens (tertiary/aromatic N) is 3. The number of ether oxygens (including phenoxy) is 1. The van der Waals surface area contributed by atoms with Gasteiger partial charge in [-0.2, -0.15) is 0 Å². The third-order valence-electron chi connectivity index (χ3n) is 3.52. The summed E-state index contributed by atoms with van der Waals surface area (Å²) in [4.78, 5) is 2.12. The number of anilines is 1. The Labute approximate surface area is 123 Å². The maximum atomic E-state index is 5.31. The van der Waals surface area contributed by atoms with Crippen LogP contribution in [0.25, 0.3) is 0 Å². The summed E-state index contributed by atoms with van der Waals surface area (Å²) >= 11 is 5.31. The second-order valence-electron chi connectivity index (χ2n) is 5.13. The lowest BCUT2D eigenvalue weighted by Crippen LogP contribution is -2.20. The molecule has 6 heteroatoms. The van der Waals surface area contributed by atoms with Gasteiger partial charge in [-0.3, -0.25) is 4.57 Å². The molecule has 0 bridgehead atoms. The molecule has 1 aliphatic rings. The largest absolute Gasteiger partial charge is 0.497 e. The number of nitrogens with one attached hydrogen (secondary N) is 1. The molecule has 3 rings (SSSR count). The second kappa shape index (κ2) is 5.28. The molecule has 1 heterocycles. The minimum absolute atomic E-state index is 0.523. The first-order valence-electron chi connectivity index (χ1n) is 6.70. The molecule has 1 saturated carbocycles. The van der Waals surface area contributed by atoms with Crippen LogP contribution < -0.4 is 9.64 Å². The van der Waals surface area contributed by atoms with E-state index in [2.05, 4.69) is 31.8 Å². The highest BCUT2D eigenvalue weighted by Gasteiger charge is 2.28. The highest BCUT2D eigenvalue weighted by atomic mass is 32.1. The van der Waals surface area contributed by atoms with Gasteiger partial charge < -0.3 is 9.64 Å². The molecule has 1 aliphatic carbocycles. The van der Waals surface area contributed by atoms with Gasteiger partial charge in [-0.25, -0.2) is 5.10 Å². The van der Waals surface area contributed by atoms with Gasteiger partial charge >= 0.3 is 0 Å². The zero-order valence-electron chi connectivity index (χ0n) is 11.7. The van der Waals surface area contributed by atoms with Gasteiger partial charge in [0.15, 0.2) is 4.77 Å². The average Bonchev–Trinajstić information content (AvgIpc) is 3.22. The lowest BCUT2D eigenvalue weighted by Gasteiger charge is -2.19. The van der Waals surface area contributed by atoms with Gasteiger partial charge in [-0.05, 0) is 42.8 Å². The molecule has 0 atom stereocenters. The molecule has 2 aromatic rings. The van der Waals surface area contributed by atoms with E-state index in [0.717, 1.165) is 18.2 Å². The van der Waals surface area contributed by atoms with Crippen molar-refractivity contribution in [2.45, 2.75) is 25.4 Å². The smallest absolute Gasteiger partial charge is 0.226 e. The molecule has 106 valence electrons. The molecular weight excluding hydrogens is 272 g/mol. The van der Waals surface area contributed by atoms with Crippen molar-refractivity contribution < 1.29 is 4.74 Å². The van der Waals surface area contributed by atoms with Crippen LogP contribution in [0.1, 0.15) is 24.4 Å². The van der Waals surface area contributed by atoms with E-state index in [9.17, 15) is 0 Å². The third kappa shape index (κ3) is 2.56. The van der Waals surface area contributed by atoms with Crippen LogP contribution in [-0.2, 0) is 6.54 Å². The number of benzene rings is 1. The summed E-state index contributed by atoms with van der Waals surface area (Å²) in [7, 11) is 3.71. The van der Waals surface area contributed by atoms with Crippen molar-refractivity contribution in [2.24, 2.45) is 0 Å². The Kier molecular flexibility index (Phi) is 3.48. The highest BCUT2D eigenvalue weighted by molar-refractivity contribution is 7.71. The van der Waals surface area contributed by atoms with E-state index < -0.39 is 0 Å². The van der Waals surface area contributed by atoms with E-state index in [4.69, 9.17) is 17.0 Å². The fraction of sp³-hybridized carbons (Fsp3) is 0.429. The fourth-order valence-electron chi connectivity index (χ4n) is 2.30. The van der Waals surface area contributed by atoms with E-state index >= 15 is 0 Å². The summed E-state index contributed by atoms with van der Waals surface area (Å²) in [6.45, 7) is 0.788. The van der Waals surface area contributed by atoms with Crippen molar-refractivity contribution >= 4 is 18.2 Å². The van der Waals surface area contributed by atoms with E-state index in [-0.39, 0.29) is 0 Å². The quantitative estimate of drug-likeness (QED) is 0.860. The van der Waals surface area contributed by atoms with Crippen molar-refractivity contribution in [3.63, 3.8) is 0 Å². The van der Waals surface area contributed by atoms with E-state index in [1.807, 2.05) is 19.2 Å². The Hall–Kier alpha value is -1.82. The standard InChI is InChI=1S/C14H18N4OS/c1-17(9-10-3-7-12(19-2)8-4-10)13-15-16-14(20)18(13)11-5-6-11/h3-4,7-8,11H,5-6,9H2,1-2H3,(H,16,20). The molecule has 5 nitrogen and oxygen atoms in total. The first-order chi connectivity index (χ1) is 9.69. The number of hydrogen-bond acceptors (Lipinski definition) is 4. The van der Waals surface area contributed by atoms with Gasteiger partial charge in [0.05, 0.1) is 7.11 Å². The molecule has 1 N–H and O–H groups in total. The molecule has 0 aliphatic heterocycles. The van der Waals surface area contributed by atoms with Gasteiger partial charge in [0.1, 0.15) is 5.75 Å². The van der Waals surface area contributed by atoms with Gasteiger partial charge in [-0.1, -0.05) is 12.1 Å². The van der Waals surface area contributed by atoms with E-state index in [0.29, 0.717) is 10.8 Å². The number of methoxy groups -OCH3 is 1. The van der Waals surface area contributed by atoms with Crippen LogP contribution in [0.3, 0.4) is 0 Å². The SMILES string of the molecule is COc1ccc(CN(C)c2n[nH]c(=S)n2C2CC2)cc1. The molecule has 0 amide bonds. The molecule has 1 fully saturated rings. The summed E-state index contributed by atoms with van der Waals surface area (Å²) < 4.78 is 8.01. The fourth-order valence-corrected chi connectivity index (χ4v) is 2.58. The Bertz CT molecular complexity index is 642. The zero-order valence-corrected chi connectivity index (χ0v) is 12.5. The highest BCUT2D eigenvalue weighted by Crippen LogP contribution is 2.37. The van der Waals surface area contributed by atoms with Crippen molar-refractivity contribution in [1.82, 2.24) is 14.8 Å². The minimum Gasteiger partial charge on any atom is -0.497 e. The van der Waals surface area contributed by atoms with Crippen LogP contribution in [0.4, 0.5) is 5.95 Å². The molecule has 20 heavy (non-hydrogen) atoms. The molecule has 0 radical (unpaired) electrons. The summed E-state index contributed by atoms with van der Waals surface area (Å²) in [6.07, 6.45) is 2.38. The van der Waals surface area contributed by atoms with Crippen molar-refractivity contribution in [3.05, 3.63) is 34.6 Å². The summed E-state index contributed by atoms with van der Waals surface area (Å²) in [5.41, 5.74) is 1.21. The Morgan fingerprint density at radius 1 is 1.40 bits per heavy atom. The van der Waals surface area contributed by atoms with Gasteiger partial charge in [0.25, 0.3) is 0 Å². The second-order valence-corrected chi connectivity index (χ2v) is 5.52. The first kappa shape index (κ1) is 13.2. The molecule has 1 aromatic heterocycles. The molecular formula is C14H18N4OS. The lowest BCUT2D eigenvalue weighted by atomic mass is 10.2. The number of hydrogen-bond donors (Lipinski definition) is 1. The van der Waals surface area contributed by atoms with Crippen LogP contribution >= 0.6 is 12.2 Å². The van der Waals surface area contributed by atoms with Crippen LogP contribution in [0.15, 0.2) is 24.3 Å². The Morgan fingerprint density at radius 2 is 2.10 bits per heavy atom. The van der Waals surface area contributed by atoms with E-state index in [1.54, 1.807) is 7.11 Å². The van der Waals surface area contributed by atoms with Gasteiger partial charge in [-0.15, -0.1) is 5.10 Å². The minimum atomic E-state index is 0.523. The predicted molar refractivity (Wildman–Crippen MR) is 80.8 cm³/mol. The predicted octanol–water partition coefficient (Wildman–Crippen LogP) is 2.92. The van der Waals surface area contributed by atoms with Crippen LogP contribution in [0.2, 0.25) is 0 Å². The Balaban J connectivity index is 1.78. The van der Waals surface area contributed by atoms with Crippen molar-refractivity contribution in [1.29, 1.82) is 0 Å². The average molecular weight is 290 g/mol. The van der Waals surface area contributed by atoms with Crippen LogP contribution in [-0.4, -0.2) is 28.9 Å². The van der Waals surface area contributed by atoms with Gasteiger partial charge in [0.2, 0.25) is 5.95 Å². The van der Waals surface area contributed by atoms with Crippen molar-refractivity contribution in [2.75, 3.05) is 19.1 Å². The summed E-state index contributed by atoms with van der Waals surface area (Å²) in [5, 5.41) is 7.25. The molecule has 0 saturated heterocycles. The summed E-state index contributed by atoms with van der Waals surface area (Å²) in [6, 6.07) is 8.60. The third-order valence-corrected chi connectivity index (χ3v) is 3.81. The lowest BCUT2D eigenvalue weighted by molar-refractivity contribution is 0.414. The number of rotatable bonds is 5. The van der Waals surface area contributed by atoms with Crippen molar-refractivity contribution in [3.8, 4) is 5.75 Å². The Morgan fingerprint density at radius 3 is 2.70 bits per heavy atom. The zero-order chi connectivity index (χ0) is 14.1. The maximum absolute atomic E-state index is 5.31. The first-order valence-corrected chi connectivity index (χ1v) is 7.11. The van der Waals surface area contributed by atoms with Crippen LogP contribution in [0, 0.1) is 4.77 Å². The molecule has 0 spiro atoms. The summed E-state index contributed by atoms with van der Waals surface area (Å²) in [5.74, 6) is 1.78. The topological polar surface area (TPSA) is 46.1 Å². The normalized spacial score (nSPS) is 14.3. The van der Waals surface area contributed by atoms with Crippen LogP contribution in [0.5, 0.6) is 5.75 Å². The maximum Gasteiger partial charge on any atom is 0.226 e. The molecule has 0 unspecified atom stereocenters.